The number of rotatable bonds is 4. The number of β-amino-alcohol motifs (C(OH)–C–C–N with tert-alkyl or cyclic N) is 1. The zero-order valence-corrected chi connectivity index (χ0v) is 12.5. The Labute approximate surface area is 125 Å². The number of hydrogen-bond donors (Lipinski definition) is 3. The maximum Gasteiger partial charge on any atom is 0.241 e. The molecule has 1 aliphatic heterocycles. The summed E-state index contributed by atoms with van der Waals surface area (Å²) in [7, 11) is 0. The van der Waals surface area contributed by atoms with Crippen LogP contribution in [0.3, 0.4) is 0 Å². The van der Waals surface area contributed by atoms with Gasteiger partial charge in [-0.25, -0.2) is 0 Å². The lowest BCUT2D eigenvalue weighted by Crippen LogP contribution is -2.35. The average Bonchev–Trinajstić information content (AvgIpc) is 2.80. The summed E-state index contributed by atoms with van der Waals surface area (Å²) < 4.78 is 5.40. The van der Waals surface area contributed by atoms with Crippen LogP contribution in [0.2, 0.25) is 0 Å². The number of aliphatic hydroxyl groups excluding tert-OH is 1. The van der Waals surface area contributed by atoms with Gasteiger partial charge in [-0.05, 0) is 44.0 Å². The van der Waals surface area contributed by atoms with Gasteiger partial charge in [-0.15, -0.1) is 12.4 Å². The fraction of sp³-hybridized carbons (Fsp3) is 0.500. The number of anilines is 1. The Kier molecular flexibility index (Phi) is 6.26. The van der Waals surface area contributed by atoms with Crippen molar-refractivity contribution in [3.63, 3.8) is 0 Å². The minimum Gasteiger partial charge on any atom is -0.494 e. The molecular formula is C14H21ClN2O3. The minimum atomic E-state index is -0.433. The van der Waals surface area contributed by atoms with E-state index in [4.69, 9.17) is 4.74 Å². The normalized spacial score (nSPS) is 21.1. The second-order valence-electron chi connectivity index (χ2n) is 4.75. The monoisotopic (exact) mass is 300 g/mol. The van der Waals surface area contributed by atoms with Gasteiger partial charge < -0.3 is 20.5 Å². The van der Waals surface area contributed by atoms with E-state index in [-0.39, 0.29) is 24.4 Å². The number of carbonyl (C=O) groups excluding carboxylic acids is 1. The molecule has 1 aromatic rings. The van der Waals surface area contributed by atoms with E-state index in [1.54, 1.807) is 0 Å². The molecular weight excluding hydrogens is 280 g/mol. The molecule has 5 nitrogen and oxygen atoms in total. The van der Waals surface area contributed by atoms with E-state index in [1.807, 2.05) is 32.0 Å². The number of carbonyl (C=O) groups is 1. The summed E-state index contributed by atoms with van der Waals surface area (Å²) in [5.41, 5.74) is 1.73. The van der Waals surface area contributed by atoms with Gasteiger partial charge in [0.1, 0.15) is 5.75 Å². The first-order valence-electron chi connectivity index (χ1n) is 6.56. The summed E-state index contributed by atoms with van der Waals surface area (Å²) in [4.78, 5) is 12.0. The predicted octanol–water partition coefficient (Wildman–Crippen LogP) is 1.48. The highest BCUT2D eigenvalue weighted by Gasteiger charge is 2.28. The Morgan fingerprint density at radius 1 is 1.55 bits per heavy atom. The number of hydrogen-bond acceptors (Lipinski definition) is 4. The number of benzene rings is 1. The van der Waals surface area contributed by atoms with Crippen LogP contribution < -0.4 is 15.4 Å². The molecule has 2 unspecified atom stereocenters. The fourth-order valence-electron chi connectivity index (χ4n) is 2.17. The van der Waals surface area contributed by atoms with Gasteiger partial charge in [-0.2, -0.15) is 0 Å². The summed E-state index contributed by atoms with van der Waals surface area (Å²) >= 11 is 0. The maximum atomic E-state index is 12.0. The quantitative estimate of drug-likeness (QED) is 0.788. The van der Waals surface area contributed by atoms with E-state index in [2.05, 4.69) is 10.6 Å². The molecule has 0 saturated carbocycles. The molecule has 20 heavy (non-hydrogen) atoms. The third-order valence-corrected chi connectivity index (χ3v) is 3.19. The molecule has 0 aliphatic carbocycles. The summed E-state index contributed by atoms with van der Waals surface area (Å²) in [6.07, 6.45) is 0.0271. The Morgan fingerprint density at radius 3 is 2.85 bits per heavy atom. The highest BCUT2D eigenvalue weighted by atomic mass is 35.5. The topological polar surface area (TPSA) is 70.6 Å². The van der Waals surface area contributed by atoms with E-state index in [9.17, 15) is 9.90 Å². The Hall–Kier alpha value is -1.30. The van der Waals surface area contributed by atoms with E-state index in [0.29, 0.717) is 19.6 Å². The van der Waals surface area contributed by atoms with Gasteiger partial charge in [-0.1, -0.05) is 0 Å². The number of aliphatic hydroxyl groups is 1. The van der Waals surface area contributed by atoms with Crippen LogP contribution in [-0.2, 0) is 4.79 Å². The second kappa shape index (κ2) is 7.47. The van der Waals surface area contributed by atoms with Crippen LogP contribution in [0.25, 0.3) is 0 Å². The maximum absolute atomic E-state index is 12.0. The highest BCUT2D eigenvalue weighted by Crippen LogP contribution is 2.22. The molecule has 2 rings (SSSR count). The van der Waals surface area contributed by atoms with Gasteiger partial charge in [0.25, 0.3) is 0 Å². The summed E-state index contributed by atoms with van der Waals surface area (Å²) in [6, 6.07) is 5.25. The molecule has 0 spiro atoms. The molecule has 1 amide bonds. The number of halogens is 1. The van der Waals surface area contributed by atoms with Crippen LogP contribution in [-0.4, -0.2) is 36.3 Å². The zero-order valence-electron chi connectivity index (χ0n) is 11.7. The molecule has 1 aromatic carbocycles. The van der Waals surface area contributed by atoms with Crippen molar-refractivity contribution in [3.8, 4) is 5.75 Å². The summed E-state index contributed by atoms with van der Waals surface area (Å²) in [5, 5.41) is 15.3. The van der Waals surface area contributed by atoms with Crippen LogP contribution in [0.4, 0.5) is 5.69 Å². The summed E-state index contributed by atoms with van der Waals surface area (Å²) in [5.74, 6) is 0.691. The third kappa shape index (κ3) is 4.10. The SMILES string of the molecule is CCOc1ccc(NC(=O)C2CC(O)CN2)c(C)c1.Cl. The van der Waals surface area contributed by atoms with Crippen LogP contribution in [0.1, 0.15) is 18.9 Å². The van der Waals surface area contributed by atoms with Crippen molar-refractivity contribution in [1.82, 2.24) is 5.32 Å². The van der Waals surface area contributed by atoms with Gasteiger partial charge in [0.05, 0.1) is 18.8 Å². The van der Waals surface area contributed by atoms with Gasteiger partial charge >= 0.3 is 0 Å². The second-order valence-corrected chi connectivity index (χ2v) is 4.75. The smallest absolute Gasteiger partial charge is 0.241 e. The number of nitrogens with one attached hydrogen (secondary N) is 2. The van der Waals surface area contributed by atoms with Crippen LogP contribution in [0, 0.1) is 6.92 Å². The molecule has 3 N–H and O–H groups in total. The van der Waals surface area contributed by atoms with Crippen LogP contribution in [0.5, 0.6) is 5.75 Å². The number of ether oxygens (including phenoxy) is 1. The van der Waals surface area contributed by atoms with Gasteiger partial charge in [0.2, 0.25) is 5.91 Å². The number of amides is 1. The first-order chi connectivity index (χ1) is 9.10. The lowest BCUT2D eigenvalue weighted by molar-refractivity contribution is -0.117. The lowest BCUT2D eigenvalue weighted by atomic mass is 10.1. The van der Waals surface area contributed by atoms with Crippen molar-refractivity contribution in [2.24, 2.45) is 0 Å². The first-order valence-corrected chi connectivity index (χ1v) is 6.56. The van der Waals surface area contributed by atoms with Crippen molar-refractivity contribution in [1.29, 1.82) is 0 Å². The van der Waals surface area contributed by atoms with Crippen molar-refractivity contribution < 1.29 is 14.6 Å². The van der Waals surface area contributed by atoms with Crippen LogP contribution in [0.15, 0.2) is 18.2 Å². The Morgan fingerprint density at radius 2 is 2.30 bits per heavy atom. The Balaban J connectivity index is 0.00000200. The van der Waals surface area contributed by atoms with Crippen molar-refractivity contribution >= 4 is 24.0 Å². The standard InChI is InChI=1S/C14H20N2O3.ClH/c1-3-19-11-4-5-12(9(2)6-11)16-14(18)13-7-10(17)8-15-13;/h4-6,10,13,15,17H,3,7-8H2,1-2H3,(H,16,18);1H. The molecule has 1 aliphatic rings. The lowest BCUT2D eigenvalue weighted by Gasteiger charge is -2.14. The molecule has 0 aromatic heterocycles. The first kappa shape index (κ1) is 16.8. The van der Waals surface area contributed by atoms with Gasteiger partial charge in [-0.3, -0.25) is 4.79 Å². The van der Waals surface area contributed by atoms with Gasteiger partial charge in [0, 0.05) is 12.2 Å². The zero-order chi connectivity index (χ0) is 13.8. The number of aryl methyl sites for hydroxylation is 1. The molecule has 6 heteroatoms. The minimum absolute atomic E-state index is 0. The molecule has 112 valence electrons. The van der Waals surface area contributed by atoms with E-state index < -0.39 is 6.10 Å². The molecule has 2 atom stereocenters. The molecule has 0 radical (unpaired) electrons. The predicted molar refractivity (Wildman–Crippen MR) is 80.6 cm³/mol. The van der Waals surface area contributed by atoms with E-state index in [0.717, 1.165) is 17.0 Å². The van der Waals surface area contributed by atoms with Crippen LogP contribution >= 0.6 is 12.4 Å². The Bertz CT molecular complexity index is 468. The van der Waals surface area contributed by atoms with Crippen molar-refractivity contribution in [3.05, 3.63) is 23.8 Å². The van der Waals surface area contributed by atoms with E-state index in [1.165, 1.54) is 0 Å². The van der Waals surface area contributed by atoms with Crippen molar-refractivity contribution in [2.75, 3.05) is 18.5 Å². The molecule has 1 saturated heterocycles. The average molecular weight is 301 g/mol. The fourth-order valence-corrected chi connectivity index (χ4v) is 2.17. The molecule has 1 heterocycles. The largest absolute Gasteiger partial charge is 0.494 e. The summed E-state index contributed by atoms with van der Waals surface area (Å²) in [6.45, 7) is 4.95. The highest BCUT2D eigenvalue weighted by molar-refractivity contribution is 5.95. The van der Waals surface area contributed by atoms with Gasteiger partial charge in [0.15, 0.2) is 0 Å². The third-order valence-electron chi connectivity index (χ3n) is 3.19. The molecule has 0 bridgehead atoms. The van der Waals surface area contributed by atoms with E-state index >= 15 is 0 Å². The molecule has 1 fully saturated rings. The van der Waals surface area contributed by atoms with Crippen molar-refractivity contribution in [2.45, 2.75) is 32.4 Å².